The Hall–Kier alpha value is -1.14. The van der Waals surface area contributed by atoms with Crippen LogP contribution < -0.4 is 4.90 Å². The summed E-state index contributed by atoms with van der Waals surface area (Å²) in [5.41, 5.74) is 0.144. The number of carboxylic acids is 1. The molecule has 6 heteroatoms. The van der Waals surface area contributed by atoms with Crippen molar-refractivity contribution in [3.8, 4) is 0 Å². The highest BCUT2D eigenvalue weighted by atomic mass is 32.1. The Balaban J connectivity index is 1.90. The number of hydrogen-bond acceptors (Lipinski definition) is 5. The van der Waals surface area contributed by atoms with E-state index in [0.717, 1.165) is 24.8 Å². The van der Waals surface area contributed by atoms with Gasteiger partial charge in [-0.2, -0.15) is 0 Å². The molecule has 0 amide bonds. The van der Waals surface area contributed by atoms with Crippen LogP contribution in [0.3, 0.4) is 0 Å². The number of likely N-dealkylation sites (tertiary alicyclic amines) is 1. The maximum absolute atomic E-state index is 10.8. The SMILES string of the molecule is CN1CCC(CN(C)c2nc(C(=O)O)cs2)CC1. The molecule has 0 atom stereocenters. The van der Waals surface area contributed by atoms with E-state index in [1.54, 1.807) is 5.38 Å². The molecule has 18 heavy (non-hydrogen) atoms. The first kappa shape index (κ1) is 13.3. The number of thiazole rings is 1. The molecule has 100 valence electrons. The van der Waals surface area contributed by atoms with Gasteiger partial charge < -0.3 is 14.9 Å². The number of aromatic nitrogens is 1. The molecule has 1 saturated heterocycles. The van der Waals surface area contributed by atoms with Gasteiger partial charge in [-0.1, -0.05) is 0 Å². The van der Waals surface area contributed by atoms with E-state index < -0.39 is 5.97 Å². The molecule has 2 rings (SSSR count). The van der Waals surface area contributed by atoms with Gasteiger partial charge in [-0.25, -0.2) is 9.78 Å². The van der Waals surface area contributed by atoms with Gasteiger partial charge in [0.25, 0.3) is 0 Å². The molecule has 0 radical (unpaired) electrons. The molecule has 0 saturated carbocycles. The molecule has 0 aliphatic carbocycles. The van der Waals surface area contributed by atoms with Crippen molar-refractivity contribution < 1.29 is 9.90 Å². The summed E-state index contributed by atoms with van der Waals surface area (Å²) in [7, 11) is 4.14. The molecular weight excluding hydrogens is 250 g/mol. The van der Waals surface area contributed by atoms with Gasteiger partial charge in [0.15, 0.2) is 10.8 Å². The lowest BCUT2D eigenvalue weighted by Gasteiger charge is -2.31. The number of carbonyl (C=O) groups is 1. The molecule has 1 aliphatic rings. The molecule has 0 aromatic carbocycles. The van der Waals surface area contributed by atoms with Crippen LogP contribution in [-0.4, -0.2) is 54.7 Å². The lowest BCUT2D eigenvalue weighted by atomic mass is 9.97. The number of rotatable bonds is 4. The fourth-order valence-electron chi connectivity index (χ4n) is 2.25. The molecule has 1 aromatic rings. The van der Waals surface area contributed by atoms with Crippen LogP contribution in [0, 0.1) is 5.92 Å². The summed E-state index contributed by atoms with van der Waals surface area (Å²) in [4.78, 5) is 19.3. The van der Waals surface area contributed by atoms with Crippen molar-refractivity contribution in [2.75, 3.05) is 38.6 Å². The molecule has 0 bridgehead atoms. The second-order valence-electron chi connectivity index (χ2n) is 4.95. The summed E-state index contributed by atoms with van der Waals surface area (Å²) in [6.45, 7) is 3.26. The number of anilines is 1. The first-order valence-electron chi connectivity index (χ1n) is 6.14. The van der Waals surface area contributed by atoms with E-state index >= 15 is 0 Å². The zero-order valence-electron chi connectivity index (χ0n) is 10.8. The average molecular weight is 269 g/mol. The molecule has 1 aromatic heterocycles. The van der Waals surface area contributed by atoms with Gasteiger partial charge in [0.2, 0.25) is 0 Å². The minimum atomic E-state index is -0.954. The summed E-state index contributed by atoms with van der Waals surface area (Å²) in [6, 6.07) is 0. The van der Waals surface area contributed by atoms with Gasteiger partial charge in [0.05, 0.1) is 0 Å². The third kappa shape index (κ3) is 3.20. The quantitative estimate of drug-likeness (QED) is 0.900. The summed E-state index contributed by atoms with van der Waals surface area (Å²) in [5, 5.41) is 11.2. The summed E-state index contributed by atoms with van der Waals surface area (Å²) >= 11 is 1.40. The second-order valence-corrected chi connectivity index (χ2v) is 5.78. The Kier molecular flexibility index (Phi) is 4.19. The van der Waals surface area contributed by atoms with Crippen molar-refractivity contribution in [1.29, 1.82) is 0 Å². The van der Waals surface area contributed by atoms with Crippen LogP contribution in [0.1, 0.15) is 23.3 Å². The normalized spacial score (nSPS) is 17.9. The lowest BCUT2D eigenvalue weighted by molar-refractivity contribution is 0.0691. The maximum Gasteiger partial charge on any atom is 0.355 e. The van der Waals surface area contributed by atoms with Crippen LogP contribution in [0.4, 0.5) is 5.13 Å². The molecule has 2 heterocycles. The van der Waals surface area contributed by atoms with Crippen LogP contribution in [-0.2, 0) is 0 Å². The van der Waals surface area contributed by atoms with E-state index in [2.05, 4.69) is 21.8 Å². The monoisotopic (exact) mass is 269 g/mol. The van der Waals surface area contributed by atoms with Gasteiger partial charge >= 0.3 is 5.97 Å². The zero-order valence-corrected chi connectivity index (χ0v) is 11.6. The van der Waals surface area contributed by atoms with Crippen molar-refractivity contribution in [3.63, 3.8) is 0 Å². The average Bonchev–Trinajstić information content (AvgIpc) is 2.81. The van der Waals surface area contributed by atoms with Crippen LogP contribution in [0.5, 0.6) is 0 Å². The maximum atomic E-state index is 10.8. The Labute approximate surface area is 111 Å². The van der Waals surface area contributed by atoms with Crippen molar-refractivity contribution in [3.05, 3.63) is 11.1 Å². The number of piperidine rings is 1. The van der Waals surface area contributed by atoms with E-state index in [1.807, 2.05) is 7.05 Å². The Morgan fingerprint density at radius 1 is 1.61 bits per heavy atom. The molecule has 1 aliphatic heterocycles. The van der Waals surface area contributed by atoms with Gasteiger partial charge in [-0.15, -0.1) is 11.3 Å². The highest BCUT2D eigenvalue weighted by molar-refractivity contribution is 7.13. The highest BCUT2D eigenvalue weighted by Gasteiger charge is 2.20. The molecular formula is C12H19N3O2S. The predicted molar refractivity (Wildman–Crippen MR) is 72.6 cm³/mol. The summed E-state index contributed by atoms with van der Waals surface area (Å²) in [6.07, 6.45) is 2.41. The Bertz CT molecular complexity index is 413. The first-order chi connectivity index (χ1) is 8.56. The van der Waals surface area contributed by atoms with Gasteiger partial charge in [0, 0.05) is 19.0 Å². The predicted octanol–water partition coefficient (Wildman–Crippen LogP) is 1.62. The Morgan fingerprint density at radius 3 is 2.83 bits per heavy atom. The topological polar surface area (TPSA) is 56.7 Å². The van der Waals surface area contributed by atoms with Gasteiger partial charge in [-0.05, 0) is 38.9 Å². The minimum Gasteiger partial charge on any atom is -0.476 e. The van der Waals surface area contributed by atoms with Crippen molar-refractivity contribution in [2.24, 2.45) is 5.92 Å². The molecule has 0 spiro atoms. The van der Waals surface area contributed by atoms with E-state index in [4.69, 9.17) is 5.11 Å². The van der Waals surface area contributed by atoms with Crippen molar-refractivity contribution in [2.45, 2.75) is 12.8 Å². The molecule has 5 nitrogen and oxygen atoms in total. The number of aromatic carboxylic acids is 1. The van der Waals surface area contributed by atoms with E-state index in [-0.39, 0.29) is 5.69 Å². The standard InChI is InChI=1S/C12H19N3O2S/c1-14-5-3-9(4-6-14)7-15(2)12-13-10(8-18-12)11(16)17/h8-9H,3-7H2,1-2H3,(H,16,17). The Morgan fingerprint density at radius 2 is 2.28 bits per heavy atom. The van der Waals surface area contributed by atoms with Crippen molar-refractivity contribution in [1.82, 2.24) is 9.88 Å². The van der Waals surface area contributed by atoms with E-state index in [1.165, 1.54) is 24.2 Å². The number of hydrogen-bond donors (Lipinski definition) is 1. The summed E-state index contributed by atoms with van der Waals surface area (Å²) in [5.74, 6) is -0.270. The third-order valence-corrected chi connectivity index (χ3v) is 4.36. The van der Waals surface area contributed by atoms with E-state index in [0.29, 0.717) is 5.92 Å². The largest absolute Gasteiger partial charge is 0.476 e. The molecule has 0 unspecified atom stereocenters. The minimum absolute atomic E-state index is 0.144. The number of carboxylic acid groups (broad SMARTS) is 1. The number of nitrogens with zero attached hydrogens (tertiary/aromatic N) is 3. The van der Waals surface area contributed by atoms with Crippen LogP contribution in [0.15, 0.2) is 5.38 Å². The van der Waals surface area contributed by atoms with Crippen molar-refractivity contribution >= 4 is 22.4 Å². The first-order valence-corrected chi connectivity index (χ1v) is 7.02. The fraction of sp³-hybridized carbons (Fsp3) is 0.667. The van der Waals surface area contributed by atoms with Crippen LogP contribution >= 0.6 is 11.3 Å². The van der Waals surface area contributed by atoms with Gasteiger partial charge in [0.1, 0.15) is 0 Å². The smallest absolute Gasteiger partial charge is 0.355 e. The van der Waals surface area contributed by atoms with Gasteiger partial charge in [-0.3, -0.25) is 0 Å². The third-order valence-electron chi connectivity index (χ3n) is 3.41. The fourth-order valence-corrected chi connectivity index (χ4v) is 3.02. The molecule has 1 N–H and O–H groups in total. The summed E-state index contributed by atoms with van der Waals surface area (Å²) < 4.78 is 0. The van der Waals surface area contributed by atoms with Crippen LogP contribution in [0.2, 0.25) is 0 Å². The lowest BCUT2D eigenvalue weighted by Crippen LogP contribution is -2.35. The highest BCUT2D eigenvalue weighted by Crippen LogP contribution is 2.23. The van der Waals surface area contributed by atoms with E-state index in [9.17, 15) is 4.79 Å². The molecule has 1 fully saturated rings. The zero-order chi connectivity index (χ0) is 13.1. The second kappa shape index (κ2) is 5.67. The van der Waals surface area contributed by atoms with Crippen LogP contribution in [0.25, 0.3) is 0 Å².